The molecule has 2 heteroatoms. The summed E-state index contributed by atoms with van der Waals surface area (Å²) in [5, 5.41) is 5.20. The molecule has 1 aliphatic rings. The van der Waals surface area contributed by atoms with Gasteiger partial charge in [0.05, 0.1) is 22.1 Å². The molecule has 0 amide bonds. The Morgan fingerprint density at radius 2 is 0.696 bits per heavy atom. The van der Waals surface area contributed by atoms with Crippen molar-refractivity contribution < 1.29 is 0 Å². The molecule has 2 unspecified atom stereocenters. The molecule has 0 bridgehead atoms. The lowest BCUT2D eigenvalue weighted by Crippen LogP contribution is -2.13. The summed E-state index contributed by atoms with van der Waals surface area (Å²) in [6, 6.07) is 63.6. The van der Waals surface area contributed by atoms with E-state index in [4.69, 9.17) is 0 Å². The van der Waals surface area contributed by atoms with Crippen LogP contribution in [0, 0.1) is 13.8 Å². The number of benzene rings is 8. The van der Waals surface area contributed by atoms with Crippen molar-refractivity contribution in [1.82, 2.24) is 9.13 Å². The maximum Gasteiger partial charge on any atom is 0.0547 e. The maximum absolute atomic E-state index is 2.53. The number of fused-ring (bicyclic) bond motifs is 9. The number of hydrogen-bond donors (Lipinski definition) is 0. The van der Waals surface area contributed by atoms with Crippen molar-refractivity contribution in [3.63, 3.8) is 0 Å². The van der Waals surface area contributed by atoms with Gasteiger partial charge in [0.15, 0.2) is 0 Å². The molecular weight excluding hydrogens is 677 g/mol. The number of aryl methyl sites for hydroxylation is 2. The van der Waals surface area contributed by atoms with E-state index in [2.05, 4.69) is 207 Å². The molecule has 2 nitrogen and oxygen atoms in total. The topological polar surface area (TPSA) is 9.86 Å². The van der Waals surface area contributed by atoms with Crippen molar-refractivity contribution >= 4 is 43.6 Å². The van der Waals surface area contributed by atoms with Crippen LogP contribution < -0.4 is 0 Å². The summed E-state index contributed by atoms with van der Waals surface area (Å²) in [5.74, 6) is 0.695. The van der Waals surface area contributed by atoms with E-state index in [1.54, 1.807) is 0 Å². The molecule has 10 aromatic rings. The van der Waals surface area contributed by atoms with Crippen LogP contribution in [-0.4, -0.2) is 9.13 Å². The summed E-state index contributed by atoms with van der Waals surface area (Å²) in [7, 11) is 0. The first-order valence-electron chi connectivity index (χ1n) is 19.9. The van der Waals surface area contributed by atoms with Gasteiger partial charge >= 0.3 is 0 Å². The summed E-state index contributed by atoms with van der Waals surface area (Å²) >= 11 is 0. The van der Waals surface area contributed by atoms with Crippen molar-refractivity contribution in [3.8, 4) is 44.8 Å². The van der Waals surface area contributed by atoms with Gasteiger partial charge in [-0.1, -0.05) is 122 Å². The Labute approximate surface area is 327 Å². The van der Waals surface area contributed by atoms with Gasteiger partial charge in [0.1, 0.15) is 0 Å². The minimum atomic E-state index is 0.348. The molecule has 268 valence electrons. The van der Waals surface area contributed by atoms with E-state index in [9.17, 15) is 0 Å². The summed E-state index contributed by atoms with van der Waals surface area (Å²) in [6.07, 6.45) is 0. The quantitative estimate of drug-likeness (QED) is 0.171. The lowest BCUT2D eigenvalue weighted by atomic mass is 9.72. The molecule has 11 rings (SSSR count). The van der Waals surface area contributed by atoms with Crippen molar-refractivity contribution in [2.75, 3.05) is 0 Å². The molecule has 2 atom stereocenters. The van der Waals surface area contributed by atoms with Crippen LogP contribution in [0.5, 0.6) is 0 Å². The van der Waals surface area contributed by atoms with E-state index in [0.29, 0.717) is 11.8 Å². The van der Waals surface area contributed by atoms with Crippen molar-refractivity contribution in [1.29, 1.82) is 0 Å². The molecule has 2 aromatic heterocycles. The minimum absolute atomic E-state index is 0.348. The fourth-order valence-electron chi connectivity index (χ4n) is 9.48. The zero-order chi connectivity index (χ0) is 37.7. The highest BCUT2D eigenvalue weighted by atomic mass is 15.0. The van der Waals surface area contributed by atoms with Crippen LogP contribution in [0.3, 0.4) is 0 Å². The smallest absolute Gasteiger partial charge is 0.0547 e. The molecule has 2 heterocycles. The number of para-hydroxylation sites is 2. The van der Waals surface area contributed by atoms with E-state index < -0.39 is 0 Å². The second kappa shape index (κ2) is 12.4. The predicted octanol–water partition coefficient (Wildman–Crippen LogP) is 14.7. The first-order valence-corrected chi connectivity index (χ1v) is 19.9. The number of nitrogens with zero attached hydrogens (tertiary/aromatic N) is 2. The van der Waals surface area contributed by atoms with Gasteiger partial charge in [-0.05, 0) is 143 Å². The van der Waals surface area contributed by atoms with Crippen molar-refractivity contribution in [2.45, 2.75) is 39.5 Å². The molecular formula is C54H42N2. The molecule has 0 fully saturated rings. The second-order valence-electron chi connectivity index (χ2n) is 16.0. The van der Waals surface area contributed by atoms with Crippen LogP contribution >= 0.6 is 0 Å². The molecule has 0 N–H and O–H groups in total. The number of rotatable bonds is 4. The largest absolute Gasteiger partial charge is 0.309 e. The van der Waals surface area contributed by atoms with E-state index in [0.717, 1.165) is 0 Å². The summed E-state index contributed by atoms with van der Waals surface area (Å²) in [4.78, 5) is 0. The summed E-state index contributed by atoms with van der Waals surface area (Å²) in [6.45, 7) is 9.16. The molecule has 0 radical (unpaired) electrons. The SMILES string of the molecule is Cc1ccc(-c2ccc3c(c2)c2cc4c(cc2n3-c2ccccc2)-c2cc3c(cc2C(C)C4C)c2cc(-c4ccc(C)cc4)ccc2n3-c2ccccc2)cc1. The molecule has 0 saturated carbocycles. The average molecular weight is 719 g/mol. The zero-order valence-electron chi connectivity index (χ0n) is 32.2. The van der Waals surface area contributed by atoms with Crippen LogP contribution in [0.15, 0.2) is 170 Å². The van der Waals surface area contributed by atoms with Gasteiger partial charge in [0, 0.05) is 32.9 Å². The molecule has 1 aliphatic carbocycles. The summed E-state index contributed by atoms with van der Waals surface area (Å²) in [5.41, 5.74) is 20.4. The Kier molecular flexibility index (Phi) is 7.28. The molecule has 0 spiro atoms. The van der Waals surface area contributed by atoms with Crippen LogP contribution in [0.2, 0.25) is 0 Å². The van der Waals surface area contributed by atoms with Gasteiger partial charge in [-0.25, -0.2) is 0 Å². The van der Waals surface area contributed by atoms with E-state index in [-0.39, 0.29) is 0 Å². The Hall–Kier alpha value is -6.64. The number of hydrogen-bond acceptors (Lipinski definition) is 0. The first-order chi connectivity index (χ1) is 27.4. The van der Waals surface area contributed by atoms with Gasteiger partial charge < -0.3 is 9.13 Å². The third-order valence-corrected chi connectivity index (χ3v) is 12.7. The second-order valence-corrected chi connectivity index (χ2v) is 16.0. The Bertz CT molecular complexity index is 2930. The standard InChI is InChI=1S/C54H42N2/c1-33-15-19-37(20-16-33)39-23-25-51-47(27-39)49-29-43-35(3)36(4)44-30-50-48-28-40(38-21-17-34(2)18-22-38)24-26-52(48)56(42-13-9-6-10-14-42)54(50)32-46(44)45(43)31-53(49)55(51)41-11-7-5-8-12-41/h5-32,35-36H,1-4H3. The highest BCUT2D eigenvalue weighted by molar-refractivity contribution is 6.14. The van der Waals surface area contributed by atoms with Gasteiger partial charge in [0.25, 0.3) is 0 Å². The van der Waals surface area contributed by atoms with Gasteiger partial charge in [0.2, 0.25) is 0 Å². The Morgan fingerprint density at radius 1 is 0.339 bits per heavy atom. The van der Waals surface area contributed by atoms with E-state index in [1.165, 1.54) is 111 Å². The minimum Gasteiger partial charge on any atom is -0.309 e. The lowest BCUT2D eigenvalue weighted by molar-refractivity contribution is 0.617. The highest BCUT2D eigenvalue weighted by Gasteiger charge is 2.31. The maximum atomic E-state index is 2.53. The average Bonchev–Trinajstić information content (AvgIpc) is 3.73. The lowest BCUT2D eigenvalue weighted by Gasteiger charge is -2.32. The van der Waals surface area contributed by atoms with Gasteiger partial charge in [-0.15, -0.1) is 0 Å². The van der Waals surface area contributed by atoms with Crippen molar-refractivity contribution in [3.05, 3.63) is 192 Å². The van der Waals surface area contributed by atoms with Crippen LogP contribution in [0.1, 0.15) is 47.9 Å². The fourth-order valence-corrected chi connectivity index (χ4v) is 9.48. The summed E-state index contributed by atoms with van der Waals surface area (Å²) < 4.78 is 4.94. The molecule has 0 aliphatic heterocycles. The molecule has 56 heavy (non-hydrogen) atoms. The Morgan fingerprint density at radius 3 is 1.09 bits per heavy atom. The third-order valence-electron chi connectivity index (χ3n) is 12.7. The van der Waals surface area contributed by atoms with Crippen molar-refractivity contribution in [2.24, 2.45) is 0 Å². The van der Waals surface area contributed by atoms with Gasteiger partial charge in [-0.2, -0.15) is 0 Å². The zero-order valence-corrected chi connectivity index (χ0v) is 32.2. The van der Waals surface area contributed by atoms with E-state index >= 15 is 0 Å². The van der Waals surface area contributed by atoms with Crippen LogP contribution in [-0.2, 0) is 0 Å². The molecule has 8 aromatic carbocycles. The Balaban J connectivity index is 1.19. The van der Waals surface area contributed by atoms with Crippen LogP contribution in [0.4, 0.5) is 0 Å². The highest BCUT2D eigenvalue weighted by Crippen LogP contribution is 2.51. The molecule has 0 saturated heterocycles. The fraction of sp³-hybridized carbons (Fsp3) is 0.111. The predicted molar refractivity (Wildman–Crippen MR) is 238 cm³/mol. The third kappa shape index (κ3) is 4.95. The monoisotopic (exact) mass is 718 g/mol. The normalized spacial score (nSPS) is 15.1. The van der Waals surface area contributed by atoms with Gasteiger partial charge in [-0.3, -0.25) is 0 Å². The first kappa shape index (κ1) is 32.8. The van der Waals surface area contributed by atoms with Crippen LogP contribution in [0.25, 0.3) is 88.4 Å². The number of aromatic nitrogens is 2. The van der Waals surface area contributed by atoms with E-state index in [1.807, 2.05) is 0 Å².